The van der Waals surface area contributed by atoms with E-state index < -0.39 is 0 Å². The molecule has 0 aromatic heterocycles. The molecule has 118 valence electrons. The van der Waals surface area contributed by atoms with Gasteiger partial charge in [0, 0.05) is 25.0 Å². The Morgan fingerprint density at radius 2 is 1.95 bits per heavy atom. The van der Waals surface area contributed by atoms with E-state index in [2.05, 4.69) is 61.4 Å². The predicted molar refractivity (Wildman–Crippen MR) is 91.8 cm³/mol. The van der Waals surface area contributed by atoms with E-state index in [0.717, 1.165) is 25.6 Å². The summed E-state index contributed by atoms with van der Waals surface area (Å²) >= 11 is 0. The number of nitrogens with zero attached hydrogens (tertiary/aromatic N) is 1. The van der Waals surface area contributed by atoms with E-state index in [1.165, 1.54) is 37.8 Å². The van der Waals surface area contributed by atoms with Gasteiger partial charge in [0.05, 0.1) is 0 Å². The number of hydrogen-bond acceptors (Lipinski definition) is 2. The molecule has 1 aromatic carbocycles. The van der Waals surface area contributed by atoms with E-state index in [1.54, 1.807) is 0 Å². The minimum atomic E-state index is 0.189. The number of rotatable bonds is 9. The first kappa shape index (κ1) is 16.5. The van der Waals surface area contributed by atoms with Crippen molar-refractivity contribution in [3.63, 3.8) is 0 Å². The van der Waals surface area contributed by atoms with Gasteiger partial charge in [-0.25, -0.2) is 0 Å². The Morgan fingerprint density at radius 3 is 2.52 bits per heavy atom. The van der Waals surface area contributed by atoms with E-state index in [9.17, 15) is 0 Å². The first-order chi connectivity index (χ1) is 10.1. The van der Waals surface area contributed by atoms with Crippen LogP contribution >= 0.6 is 0 Å². The molecule has 21 heavy (non-hydrogen) atoms. The third kappa shape index (κ3) is 4.82. The van der Waals surface area contributed by atoms with E-state index in [-0.39, 0.29) is 5.41 Å². The zero-order valence-electron chi connectivity index (χ0n) is 14.1. The molecule has 0 radical (unpaired) electrons. The Balaban J connectivity index is 1.99. The summed E-state index contributed by atoms with van der Waals surface area (Å²) in [7, 11) is 2.29. The lowest BCUT2D eigenvalue weighted by Gasteiger charge is -2.37. The van der Waals surface area contributed by atoms with Gasteiger partial charge in [0.1, 0.15) is 0 Å². The Morgan fingerprint density at radius 1 is 1.24 bits per heavy atom. The molecule has 0 aliphatic heterocycles. The normalized spacial score (nSPS) is 18.5. The highest BCUT2D eigenvalue weighted by Crippen LogP contribution is 2.29. The highest BCUT2D eigenvalue weighted by Gasteiger charge is 2.29. The number of nitrogens with one attached hydrogen (secondary N) is 1. The van der Waals surface area contributed by atoms with Crippen LogP contribution in [0.1, 0.15) is 45.1 Å². The second-order valence-corrected chi connectivity index (χ2v) is 7.10. The van der Waals surface area contributed by atoms with Gasteiger partial charge in [-0.15, -0.1) is 0 Å². The van der Waals surface area contributed by atoms with Crippen LogP contribution in [-0.4, -0.2) is 38.1 Å². The zero-order chi connectivity index (χ0) is 15.1. The first-order valence-corrected chi connectivity index (χ1v) is 8.59. The lowest BCUT2D eigenvalue weighted by Crippen LogP contribution is -2.46. The molecular formula is C19H32N2. The zero-order valence-corrected chi connectivity index (χ0v) is 14.1. The molecule has 1 saturated carbocycles. The Hall–Kier alpha value is -0.860. The van der Waals surface area contributed by atoms with Crippen molar-refractivity contribution in [3.05, 3.63) is 35.9 Å². The minimum Gasteiger partial charge on any atom is -0.316 e. The second kappa shape index (κ2) is 7.95. The molecule has 0 bridgehead atoms. The minimum absolute atomic E-state index is 0.189. The molecule has 0 saturated heterocycles. The first-order valence-electron chi connectivity index (χ1n) is 8.59. The maximum absolute atomic E-state index is 3.63. The van der Waals surface area contributed by atoms with Crippen molar-refractivity contribution in [1.29, 1.82) is 0 Å². The highest BCUT2D eigenvalue weighted by atomic mass is 15.1. The quantitative estimate of drug-likeness (QED) is 0.697. The molecule has 1 fully saturated rings. The van der Waals surface area contributed by atoms with Gasteiger partial charge in [0.25, 0.3) is 0 Å². The number of benzene rings is 1. The lowest BCUT2D eigenvalue weighted by molar-refractivity contribution is 0.175. The van der Waals surface area contributed by atoms with E-state index in [1.807, 2.05) is 0 Å². The largest absolute Gasteiger partial charge is 0.316 e. The predicted octanol–water partition coefficient (Wildman–Crippen LogP) is 3.68. The van der Waals surface area contributed by atoms with Gasteiger partial charge in [-0.3, -0.25) is 0 Å². The summed E-state index contributed by atoms with van der Waals surface area (Å²) in [6, 6.07) is 11.0. The van der Waals surface area contributed by atoms with Crippen LogP contribution in [0.5, 0.6) is 0 Å². The fourth-order valence-corrected chi connectivity index (χ4v) is 3.41. The molecule has 0 amide bonds. The monoisotopic (exact) mass is 288 g/mol. The van der Waals surface area contributed by atoms with Gasteiger partial charge in [0.15, 0.2) is 0 Å². The van der Waals surface area contributed by atoms with Crippen LogP contribution in [0.2, 0.25) is 0 Å². The summed E-state index contributed by atoms with van der Waals surface area (Å²) in [5.41, 5.74) is 1.64. The summed E-state index contributed by atoms with van der Waals surface area (Å²) < 4.78 is 0. The van der Waals surface area contributed by atoms with Crippen molar-refractivity contribution in [3.8, 4) is 0 Å². The van der Waals surface area contributed by atoms with Crippen molar-refractivity contribution < 1.29 is 0 Å². The fourth-order valence-electron chi connectivity index (χ4n) is 3.41. The third-order valence-corrected chi connectivity index (χ3v) is 4.83. The van der Waals surface area contributed by atoms with Gasteiger partial charge in [0.2, 0.25) is 0 Å². The number of hydrogen-bond donors (Lipinski definition) is 1. The average Bonchev–Trinajstić information content (AvgIpc) is 2.44. The van der Waals surface area contributed by atoms with E-state index in [0.29, 0.717) is 0 Å². The maximum atomic E-state index is 3.63. The van der Waals surface area contributed by atoms with Crippen molar-refractivity contribution >= 4 is 0 Å². The van der Waals surface area contributed by atoms with E-state index in [4.69, 9.17) is 0 Å². The van der Waals surface area contributed by atoms with Crippen molar-refractivity contribution in [2.24, 2.45) is 5.92 Å². The summed E-state index contributed by atoms with van der Waals surface area (Å²) in [4.78, 5) is 2.55. The van der Waals surface area contributed by atoms with Crippen LogP contribution in [-0.2, 0) is 5.41 Å². The van der Waals surface area contributed by atoms with Gasteiger partial charge in [-0.1, -0.05) is 50.6 Å². The Kier molecular flexibility index (Phi) is 6.25. The van der Waals surface area contributed by atoms with E-state index >= 15 is 0 Å². The summed E-state index contributed by atoms with van der Waals surface area (Å²) in [6.45, 7) is 9.19. The molecule has 2 rings (SSSR count). The fraction of sp³-hybridized carbons (Fsp3) is 0.684. The van der Waals surface area contributed by atoms with Gasteiger partial charge < -0.3 is 10.2 Å². The van der Waals surface area contributed by atoms with Crippen LogP contribution in [0, 0.1) is 5.92 Å². The molecule has 1 atom stereocenters. The van der Waals surface area contributed by atoms with Crippen molar-refractivity contribution in [1.82, 2.24) is 10.2 Å². The van der Waals surface area contributed by atoms with Crippen molar-refractivity contribution in [2.45, 2.75) is 44.9 Å². The molecule has 1 N–H and O–H groups in total. The average molecular weight is 288 g/mol. The van der Waals surface area contributed by atoms with Crippen LogP contribution in [0.25, 0.3) is 0 Å². The topological polar surface area (TPSA) is 15.3 Å². The molecule has 0 heterocycles. The Bertz CT molecular complexity index is 399. The molecule has 1 aliphatic carbocycles. The van der Waals surface area contributed by atoms with Gasteiger partial charge >= 0.3 is 0 Å². The van der Waals surface area contributed by atoms with Crippen molar-refractivity contribution in [2.75, 3.05) is 33.2 Å². The Labute approximate surface area is 130 Å². The molecule has 1 unspecified atom stereocenters. The van der Waals surface area contributed by atoms with Crippen LogP contribution in [0.15, 0.2) is 30.3 Å². The summed E-state index contributed by atoms with van der Waals surface area (Å²) in [6.07, 6.45) is 5.50. The molecule has 1 aliphatic rings. The maximum Gasteiger partial charge on any atom is 0.0176 e. The third-order valence-electron chi connectivity index (χ3n) is 4.83. The lowest BCUT2D eigenvalue weighted by atomic mass is 9.80. The van der Waals surface area contributed by atoms with Crippen LogP contribution in [0.3, 0.4) is 0 Å². The number of likely N-dealkylation sites (N-methyl/N-ethyl adjacent to an activating group) is 1. The van der Waals surface area contributed by atoms with Gasteiger partial charge in [-0.05, 0) is 44.3 Å². The SMILES string of the molecule is CCCNCC(C)(CN(C)CC1CCC1)c1ccccc1. The highest BCUT2D eigenvalue weighted by molar-refractivity contribution is 5.25. The van der Waals surface area contributed by atoms with Crippen LogP contribution < -0.4 is 5.32 Å². The molecule has 1 aromatic rings. The van der Waals surface area contributed by atoms with Gasteiger partial charge in [-0.2, -0.15) is 0 Å². The molecule has 2 heteroatoms. The summed E-state index contributed by atoms with van der Waals surface area (Å²) in [5.74, 6) is 0.943. The summed E-state index contributed by atoms with van der Waals surface area (Å²) in [5, 5.41) is 3.63. The molecule has 0 spiro atoms. The standard InChI is InChI=1S/C19H32N2/c1-4-13-20-15-19(2,18-11-6-5-7-12-18)16-21(3)14-17-9-8-10-17/h5-7,11-12,17,20H,4,8-10,13-16H2,1-3H3. The molecule has 2 nitrogen and oxygen atoms in total. The molecular weight excluding hydrogens is 256 g/mol. The van der Waals surface area contributed by atoms with Crippen LogP contribution in [0.4, 0.5) is 0 Å². The smallest absolute Gasteiger partial charge is 0.0176 e. The second-order valence-electron chi connectivity index (χ2n) is 7.10.